The van der Waals surface area contributed by atoms with Gasteiger partial charge < -0.3 is 9.67 Å². The minimum Gasteiger partial charge on any atom is -0.483 e. The third kappa shape index (κ3) is 5.09. The summed E-state index contributed by atoms with van der Waals surface area (Å²) in [6.45, 7) is 6.48. The van der Waals surface area contributed by atoms with Gasteiger partial charge in [-0.2, -0.15) is 5.26 Å². The maximum absolute atomic E-state index is 9.04. The highest BCUT2D eigenvalue weighted by atomic mass is 35.5. The van der Waals surface area contributed by atoms with Gasteiger partial charge in [0.2, 0.25) is 0 Å². The third-order valence-electron chi connectivity index (χ3n) is 4.11. The molecule has 0 bridgehead atoms. The van der Waals surface area contributed by atoms with Crippen molar-refractivity contribution in [1.29, 1.82) is 5.26 Å². The van der Waals surface area contributed by atoms with E-state index in [0.29, 0.717) is 17.1 Å². The maximum Gasteiger partial charge on any atom is 0.290 e. The smallest absolute Gasteiger partial charge is 0.290 e. The fourth-order valence-corrected chi connectivity index (χ4v) is 3.14. The van der Waals surface area contributed by atoms with Crippen LogP contribution in [-0.4, -0.2) is 26.1 Å². The van der Waals surface area contributed by atoms with Crippen LogP contribution in [-0.2, 0) is 11.3 Å². The van der Waals surface area contributed by atoms with Crippen LogP contribution in [0.5, 0.6) is 0 Å². The van der Waals surface area contributed by atoms with Crippen molar-refractivity contribution < 1.29 is 9.90 Å². The molecule has 29 heavy (non-hydrogen) atoms. The molecule has 0 saturated carbocycles. The molecule has 4 aromatic rings. The molecule has 0 radical (unpaired) electrons. The van der Waals surface area contributed by atoms with E-state index in [1.807, 2.05) is 39.0 Å². The number of aromatic nitrogens is 3. The molecule has 0 aliphatic carbocycles. The van der Waals surface area contributed by atoms with Gasteiger partial charge in [0.15, 0.2) is 0 Å². The predicted octanol–water partition coefficient (Wildman–Crippen LogP) is 5.19. The van der Waals surface area contributed by atoms with E-state index in [1.54, 1.807) is 12.4 Å². The van der Waals surface area contributed by atoms with Crippen LogP contribution >= 0.6 is 11.6 Å². The van der Waals surface area contributed by atoms with Crippen molar-refractivity contribution in [3.05, 3.63) is 70.6 Å². The summed E-state index contributed by atoms with van der Waals surface area (Å²) >= 11 is 6.04. The van der Waals surface area contributed by atoms with Crippen molar-refractivity contribution in [3.8, 4) is 6.07 Å². The Morgan fingerprint density at radius 2 is 1.93 bits per heavy atom. The highest BCUT2D eigenvalue weighted by molar-refractivity contribution is 6.31. The average Bonchev–Trinajstić information content (AvgIpc) is 3.04. The van der Waals surface area contributed by atoms with Gasteiger partial charge in [0, 0.05) is 35.9 Å². The lowest BCUT2D eigenvalue weighted by Crippen LogP contribution is -1.99. The summed E-state index contributed by atoms with van der Waals surface area (Å²) in [6.07, 6.45) is 5.34. The first kappa shape index (κ1) is 21.9. The summed E-state index contributed by atoms with van der Waals surface area (Å²) in [4.78, 5) is 17.1. The summed E-state index contributed by atoms with van der Waals surface area (Å²) in [7, 11) is 0. The highest BCUT2D eigenvalue weighted by Gasteiger charge is 2.09. The van der Waals surface area contributed by atoms with E-state index in [-0.39, 0.29) is 6.47 Å². The van der Waals surface area contributed by atoms with Crippen LogP contribution in [0.2, 0.25) is 5.02 Å². The molecule has 0 atom stereocenters. The summed E-state index contributed by atoms with van der Waals surface area (Å²) in [6, 6.07) is 12.1. The van der Waals surface area contributed by atoms with Crippen molar-refractivity contribution in [3.63, 3.8) is 0 Å². The summed E-state index contributed by atoms with van der Waals surface area (Å²) < 4.78 is 2.10. The van der Waals surface area contributed by atoms with E-state index in [2.05, 4.69) is 38.9 Å². The average molecular weight is 409 g/mol. The van der Waals surface area contributed by atoms with Gasteiger partial charge in [-0.3, -0.25) is 9.78 Å². The second kappa shape index (κ2) is 10.2. The number of rotatable bonds is 2. The molecule has 0 spiro atoms. The zero-order chi connectivity index (χ0) is 21.4. The summed E-state index contributed by atoms with van der Waals surface area (Å²) in [5, 5.41) is 18.6. The first-order valence-corrected chi connectivity index (χ1v) is 9.41. The molecular formula is C22H21ClN4O2. The molecule has 6 nitrogen and oxygen atoms in total. The molecule has 0 aliphatic heterocycles. The summed E-state index contributed by atoms with van der Waals surface area (Å²) in [5.74, 6) is 0. The fraction of sp³-hybridized carbons (Fsp3) is 0.182. The predicted molar refractivity (Wildman–Crippen MR) is 115 cm³/mol. The van der Waals surface area contributed by atoms with Crippen LogP contribution in [0.4, 0.5) is 0 Å². The van der Waals surface area contributed by atoms with Gasteiger partial charge in [0.05, 0.1) is 16.1 Å². The molecule has 1 N–H and O–H groups in total. The molecule has 4 rings (SSSR count). The second-order valence-corrected chi connectivity index (χ2v) is 6.37. The molecule has 0 amide bonds. The van der Waals surface area contributed by atoms with Crippen LogP contribution in [0.1, 0.15) is 30.5 Å². The number of benzene rings is 1. The quantitative estimate of drug-likeness (QED) is 0.460. The zero-order valence-electron chi connectivity index (χ0n) is 16.4. The van der Waals surface area contributed by atoms with Gasteiger partial charge in [-0.1, -0.05) is 31.5 Å². The SMILES string of the molecule is CC.Cc1cn(Cc2ccc3ncc(Cl)cc3c2)c2ncc(C#N)cc12.O=CO. The number of nitrogens with zero attached hydrogens (tertiary/aromatic N) is 4. The lowest BCUT2D eigenvalue weighted by atomic mass is 10.1. The van der Waals surface area contributed by atoms with Crippen LogP contribution < -0.4 is 0 Å². The van der Waals surface area contributed by atoms with E-state index in [0.717, 1.165) is 33.1 Å². The van der Waals surface area contributed by atoms with Crippen molar-refractivity contribution >= 4 is 40.0 Å². The van der Waals surface area contributed by atoms with Crippen molar-refractivity contribution in [2.75, 3.05) is 0 Å². The first-order valence-electron chi connectivity index (χ1n) is 9.03. The lowest BCUT2D eigenvalue weighted by molar-refractivity contribution is -0.122. The Balaban J connectivity index is 0.000000551. The highest BCUT2D eigenvalue weighted by Crippen LogP contribution is 2.23. The standard InChI is InChI=1S/C19H13ClN4.C2H6.CH2O2/c1-12-10-24(19-17(12)5-14(7-21)8-23-19)11-13-2-3-18-15(4-13)6-16(20)9-22-18;1-2;2-1-3/h2-6,8-10H,11H2,1H3;1-2H3;1H,(H,2,3). The van der Waals surface area contributed by atoms with Crippen LogP contribution in [0.25, 0.3) is 21.9 Å². The van der Waals surface area contributed by atoms with Gasteiger partial charge in [0.1, 0.15) is 11.7 Å². The Bertz CT molecular complexity index is 1180. The van der Waals surface area contributed by atoms with Crippen molar-refractivity contribution in [2.24, 2.45) is 0 Å². The van der Waals surface area contributed by atoms with E-state index in [4.69, 9.17) is 26.8 Å². The molecule has 0 fully saturated rings. The first-order chi connectivity index (χ1) is 14.0. The van der Waals surface area contributed by atoms with Crippen LogP contribution in [0.15, 0.2) is 48.9 Å². The molecule has 3 aromatic heterocycles. The van der Waals surface area contributed by atoms with Gasteiger partial charge in [-0.25, -0.2) is 4.98 Å². The maximum atomic E-state index is 9.04. The van der Waals surface area contributed by atoms with Gasteiger partial charge in [-0.05, 0) is 42.3 Å². The molecule has 1 aromatic carbocycles. The minimum atomic E-state index is -0.250. The van der Waals surface area contributed by atoms with Gasteiger partial charge >= 0.3 is 0 Å². The zero-order valence-corrected chi connectivity index (χ0v) is 17.2. The number of carboxylic acid groups (broad SMARTS) is 1. The third-order valence-corrected chi connectivity index (χ3v) is 4.31. The Morgan fingerprint density at radius 3 is 2.62 bits per heavy atom. The molecule has 148 valence electrons. The van der Waals surface area contributed by atoms with Gasteiger partial charge in [0.25, 0.3) is 6.47 Å². The minimum absolute atomic E-state index is 0.250. The number of halogens is 1. The monoisotopic (exact) mass is 408 g/mol. The van der Waals surface area contributed by atoms with E-state index < -0.39 is 0 Å². The summed E-state index contributed by atoms with van der Waals surface area (Å²) in [5.41, 5.74) is 4.65. The largest absolute Gasteiger partial charge is 0.483 e. The Hall–Kier alpha value is -3.43. The van der Waals surface area contributed by atoms with Crippen LogP contribution in [0, 0.1) is 18.3 Å². The molecule has 0 unspecified atom stereocenters. The fourth-order valence-electron chi connectivity index (χ4n) is 2.97. The molecular weight excluding hydrogens is 388 g/mol. The Labute approximate surface area is 174 Å². The Morgan fingerprint density at radius 1 is 1.21 bits per heavy atom. The van der Waals surface area contributed by atoms with Gasteiger partial charge in [-0.15, -0.1) is 0 Å². The Kier molecular flexibility index (Phi) is 7.70. The topological polar surface area (TPSA) is 91.8 Å². The van der Waals surface area contributed by atoms with E-state index in [9.17, 15) is 0 Å². The number of carbonyl (C=O) groups is 1. The van der Waals surface area contributed by atoms with E-state index >= 15 is 0 Å². The molecule has 3 heterocycles. The number of fused-ring (bicyclic) bond motifs is 2. The van der Waals surface area contributed by atoms with Crippen molar-refractivity contribution in [1.82, 2.24) is 14.5 Å². The number of hydrogen-bond donors (Lipinski definition) is 1. The van der Waals surface area contributed by atoms with Crippen LogP contribution in [0.3, 0.4) is 0 Å². The molecule has 7 heteroatoms. The number of hydrogen-bond acceptors (Lipinski definition) is 4. The number of aryl methyl sites for hydroxylation is 1. The number of nitriles is 1. The molecule has 0 aliphatic rings. The lowest BCUT2D eigenvalue weighted by Gasteiger charge is -2.07. The van der Waals surface area contributed by atoms with E-state index in [1.165, 1.54) is 0 Å². The number of pyridine rings is 2. The normalized spacial score (nSPS) is 9.76. The van der Waals surface area contributed by atoms with Crippen molar-refractivity contribution in [2.45, 2.75) is 27.3 Å². The second-order valence-electron chi connectivity index (χ2n) is 5.93. The molecule has 0 saturated heterocycles.